The van der Waals surface area contributed by atoms with Gasteiger partial charge in [-0.25, -0.2) is 9.97 Å². The summed E-state index contributed by atoms with van der Waals surface area (Å²) in [7, 11) is 0. The van der Waals surface area contributed by atoms with Gasteiger partial charge >= 0.3 is 0 Å². The van der Waals surface area contributed by atoms with Gasteiger partial charge in [-0.3, -0.25) is 0 Å². The summed E-state index contributed by atoms with van der Waals surface area (Å²) < 4.78 is 0. The fraction of sp³-hybridized carbons (Fsp3) is 0. The Labute approximate surface area is 149 Å². The molecule has 5 rings (SSSR count). The number of para-hydroxylation sites is 2. The van der Waals surface area contributed by atoms with Gasteiger partial charge in [0.1, 0.15) is 5.69 Å². The summed E-state index contributed by atoms with van der Waals surface area (Å²) in [6.45, 7) is 0. The van der Waals surface area contributed by atoms with Gasteiger partial charge in [0.15, 0.2) is 17.3 Å². The zero-order valence-electron chi connectivity index (χ0n) is 13.7. The van der Waals surface area contributed by atoms with Crippen molar-refractivity contribution < 1.29 is 0 Å². The van der Waals surface area contributed by atoms with Crippen LogP contribution in [0.1, 0.15) is 0 Å². The maximum atomic E-state index is 4.68. The van der Waals surface area contributed by atoms with Crippen molar-refractivity contribution in [3.05, 3.63) is 79.0 Å². The van der Waals surface area contributed by atoms with Crippen LogP contribution in [0.4, 0.5) is 0 Å². The van der Waals surface area contributed by atoms with E-state index < -0.39 is 0 Å². The fourth-order valence-electron chi connectivity index (χ4n) is 2.90. The molecule has 1 N–H and O–H groups in total. The lowest BCUT2D eigenvalue weighted by atomic mass is 10.1. The predicted octanol–water partition coefficient (Wildman–Crippen LogP) is 3.87. The van der Waals surface area contributed by atoms with Crippen LogP contribution in [-0.2, 0) is 0 Å². The Bertz CT molecular complexity index is 1140. The van der Waals surface area contributed by atoms with Gasteiger partial charge in [0.05, 0.1) is 11.0 Å². The second kappa shape index (κ2) is 5.93. The number of pyridine rings is 1. The van der Waals surface area contributed by atoms with Crippen molar-refractivity contribution >= 4 is 11.0 Å². The van der Waals surface area contributed by atoms with Crippen LogP contribution in [0.3, 0.4) is 0 Å². The van der Waals surface area contributed by atoms with E-state index >= 15 is 0 Å². The molecule has 6 nitrogen and oxygen atoms in total. The molecule has 3 aromatic heterocycles. The topological polar surface area (TPSA) is 72.3 Å². The largest absolute Gasteiger partial charge is 0.337 e. The first-order valence-corrected chi connectivity index (χ1v) is 8.28. The highest BCUT2D eigenvalue weighted by molar-refractivity contribution is 5.82. The molecule has 0 fully saturated rings. The van der Waals surface area contributed by atoms with E-state index in [4.69, 9.17) is 0 Å². The number of H-pyrrole nitrogens is 1. The Hall–Kier alpha value is -3.80. The average molecular weight is 338 g/mol. The van der Waals surface area contributed by atoms with Crippen LogP contribution >= 0.6 is 0 Å². The zero-order valence-corrected chi connectivity index (χ0v) is 13.7. The van der Waals surface area contributed by atoms with E-state index in [0.717, 1.165) is 22.3 Å². The number of nitrogens with zero attached hydrogens (tertiary/aromatic N) is 5. The maximum absolute atomic E-state index is 4.68. The van der Waals surface area contributed by atoms with Crippen LogP contribution in [0.5, 0.6) is 0 Å². The Morgan fingerprint density at radius 3 is 2.31 bits per heavy atom. The number of rotatable bonds is 3. The summed E-state index contributed by atoms with van der Waals surface area (Å²) >= 11 is 0. The van der Waals surface area contributed by atoms with Crippen LogP contribution in [0, 0.1) is 0 Å². The van der Waals surface area contributed by atoms with Crippen LogP contribution < -0.4 is 0 Å². The molecule has 0 saturated heterocycles. The number of fused-ring (bicyclic) bond motifs is 1. The lowest BCUT2D eigenvalue weighted by molar-refractivity contribution is 0.732. The molecule has 0 unspecified atom stereocenters. The summed E-state index contributed by atoms with van der Waals surface area (Å²) in [6, 6.07) is 23.5. The molecule has 26 heavy (non-hydrogen) atoms. The molecule has 124 valence electrons. The van der Waals surface area contributed by atoms with Crippen molar-refractivity contribution in [1.82, 2.24) is 29.9 Å². The van der Waals surface area contributed by atoms with Crippen molar-refractivity contribution in [3.8, 4) is 28.6 Å². The Kier molecular flexibility index (Phi) is 3.31. The Balaban J connectivity index is 1.73. The van der Waals surface area contributed by atoms with Crippen LogP contribution in [0.25, 0.3) is 39.6 Å². The Morgan fingerprint density at radius 1 is 0.731 bits per heavy atom. The maximum Gasteiger partial charge on any atom is 0.174 e. The number of nitrogens with one attached hydrogen (secondary N) is 1. The van der Waals surface area contributed by atoms with E-state index in [-0.39, 0.29) is 0 Å². The lowest BCUT2D eigenvalue weighted by Crippen LogP contribution is -2.01. The lowest BCUT2D eigenvalue weighted by Gasteiger charge is -1.97. The average Bonchev–Trinajstić information content (AvgIpc) is 3.33. The summed E-state index contributed by atoms with van der Waals surface area (Å²) in [5, 5.41) is 9.35. The van der Waals surface area contributed by atoms with Crippen molar-refractivity contribution in [2.24, 2.45) is 0 Å². The van der Waals surface area contributed by atoms with Gasteiger partial charge < -0.3 is 4.98 Å². The van der Waals surface area contributed by atoms with E-state index in [9.17, 15) is 0 Å². The van der Waals surface area contributed by atoms with Gasteiger partial charge in [-0.15, -0.1) is 15.0 Å². The third-order valence-electron chi connectivity index (χ3n) is 4.13. The standard InChI is InChI=1S/C20H14N6/c1-2-8-14(9-3-1)18-19(20-22-15-10-4-5-11-16(15)23-20)25-26(24-18)17-12-6-7-13-21-17/h1-13H,(H,22,23). The molecule has 0 amide bonds. The van der Waals surface area contributed by atoms with Crippen LogP contribution in [-0.4, -0.2) is 29.9 Å². The molecule has 2 aromatic carbocycles. The number of aromatic amines is 1. The number of imidazole rings is 1. The summed E-state index contributed by atoms with van der Waals surface area (Å²) in [5.41, 5.74) is 4.29. The molecule has 0 aliphatic heterocycles. The highest BCUT2D eigenvalue weighted by Crippen LogP contribution is 2.29. The second-order valence-electron chi connectivity index (χ2n) is 5.84. The highest BCUT2D eigenvalue weighted by Gasteiger charge is 2.19. The van der Waals surface area contributed by atoms with Gasteiger partial charge in [-0.1, -0.05) is 48.5 Å². The SMILES string of the molecule is c1ccc(-c2nn(-c3ccccn3)nc2-c2nc3ccccc3[nH]2)cc1. The van der Waals surface area contributed by atoms with E-state index in [0.29, 0.717) is 17.3 Å². The number of aromatic nitrogens is 6. The first-order chi connectivity index (χ1) is 12.9. The highest BCUT2D eigenvalue weighted by atomic mass is 15.5. The summed E-state index contributed by atoms with van der Waals surface area (Å²) in [5.74, 6) is 1.35. The van der Waals surface area contributed by atoms with E-state index in [1.54, 1.807) is 11.0 Å². The summed E-state index contributed by atoms with van der Waals surface area (Å²) in [4.78, 5) is 13.9. The van der Waals surface area contributed by atoms with Gasteiger partial charge in [0, 0.05) is 11.8 Å². The molecule has 0 spiro atoms. The van der Waals surface area contributed by atoms with Crippen LogP contribution in [0.15, 0.2) is 79.0 Å². The summed E-state index contributed by atoms with van der Waals surface area (Å²) in [6.07, 6.45) is 1.72. The predicted molar refractivity (Wildman–Crippen MR) is 99.7 cm³/mol. The van der Waals surface area contributed by atoms with Crippen molar-refractivity contribution in [2.45, 2.75) is 0 Å². The first kappa shape index (κ1) is 14.5. The number of benzene rings is 2. The number of hydrogen-bond acceptors (Lipinski definition) is 4. The van der Waals surface area contributed by atoms with Crippen LogP contribution in [0.2, 0.25) is 0 Å². The number of hydrogen-bond donors (Lipinski definition) is 1. The molecule has 0 radical (unpaired) electrons. The molecule has 0 atom stereocenters. The Morgan fingerprint density at radius 2 is 1.50 bits per heavy atom. The smallest absolute Gasteiger partial charge is 0.174 e. The third-order valence-corrected chi connectivity index (χ3v) is 4.13. The van der Waals surface area contributed by atoms with Gasteiger partial charge in [0.25, 0.3) is 0 Å². The first-order valence-electron chi connectivity index (χ1n) is 8.28. The quantitative estimate of drug-likeness (QED) is 0.542. The molecule has 0 aliphatic rings. The fourth-order valence-corrected chi connectivity index (χ4v) is 2.90. The minimum atomic E-state index is 0.659. The van der Waals surface area contributed by atoms with E-state index in [2.05, 4.69) is 25.1 Å². The molecule has 0 bridgehead atoms. The molecular weight excluding hydrogens is 324 g/mol. The molecule has 0 aliphatic carbocycles. The third kappa shape index (κ3) is 2.44. The van der Waals surface area contributed by atoms with Crippen molar-refractivity contribution in [1.29, 1.82) is 0 Å². The monoisotopic (exact) mass is 338 g/mol. The van der Waals surface area contributed by atoms with Gasteiger partial charge in [0.2, 0.25) is 0 Å². The van der Waals surface area contributed by atoms with Gasteiger partial charge in [-0.05, 0) is 24.3 Å². The molecule has 3 heterocycles. The second-order valence-corrected chi connectivity index (χ2v) is 5.84. The molecule has 5 aromatic rings. The molecule has 6 heteroatoms. The van der Waals surface area contributed by atoms with Crippen molar-refractivity contribution in [2.75, 3.05) is 0 Å². The minimum Gasteiger partial charge on any atom is -0.337 e. The van der Waals surface area contributed by atoms with Crippen molar-refractivity contribution in [3.63, 3.8) is 0 Å². The molecular formula is C20H14N6. The molecule has 0 saturated carbocycles. The normalized spacial score (nSPS) is 11.1. The van der Waals surface area contributed by atoms with E-state index in [1.165, 1.54) is 0 Å². The zero-order chi connectivity index (χ0) is 17.3. The van der Waals surface area contributed by atoms with E-state index in [1.807, 2.05) is 72.8 Å². The van der Waals surface area contributed by atoms with Gasteiger partial charge in [-0.2, -0.15) is 0 Å². The minimum absolute atomic E-state index is 0.659.